The molecule has 0 saturated carbocycles. The molecule has 0 atom stereocenters. The second kappa shape index (κ2) is 14.8. The highest BCUT2D eigenvalue weighted by molar-refractivity contribution is 6.14. The summed E-state index contributed by atoms with van der Waals surface area (Å²) >= 11 is 0. The minimum absolute atomic E-state index is 0.0244. The summed E-state index contributed by atoms with van der Waals surface area (Å²) in [6.07, 6.45) is 0. The molecule has 0 saturated heterocycles. The van der Waals surface area contributed by atoms with Crippen molar-refractivity contribution < 1.29 is 4.42 Å². The number of rotatable bonds is 5. The Kier molecular flexibility index (Phi) is 9.09. The molecule has 0 aliphatic heterocycles. The minimum atomic E-state index is -0.496. The van der Waals surface area contributed by atoms with Crippen molar-refractivity contribution >= 4 is 39.0 Å². The number of furan rings is 1. The first-order chi connectivity index (χ1) is 34.0. The summed E-state index contributed by atoms with van der Waals surface area (Å²) in [6.45, 7) is 23.4. The highest BCUT2D eigenvalue weighted by atomic mass is 16.3. The van der Waals surface area contributed by atoms with Crippen molar-refractivity contribution in [3.8, 4) is 33.4 Å². The monoisotopic (exact) mass is 919 g/mol. The first kappa shape index (κ1) is 43.6. The third kappa shape index (κ3) is 6.00. The van der Waals surface area contributed by atoms with E-state index in [1.54, 1.807) is 0 Å². The van der Waals surface area contributed by atoms with E-state index in [0.29, 0.717) is 0 Å². The summed E-state index contributed by atoms with van der Waals surface area (Å²) in [5.41, 5.74) is 24.9. The lowest BCUT2D eigenvalue weighted by molar-refractivity contribution is 0.559. The molecule has 348 valence electrons. The molecule has 0 fully saturated rings. The Hall–Kier alpha value is -7.42. The molecule has 3 aliphatic rings. The van der Waals surface area contributed by atoms with Crippen molar-refractivity contribution in [2.75, 3.05) is 4.90 Å². The van der Waals surface area contributed by atoms with Gasteiger partial charge in [0.15, 0.2) is 0 Å². The van der Waals surface area contributed by atoms with Crippen LogP contribution in [0.15, 0.2) is 192 Å². The van der Waals surface area contributed by atoms with Crippen molar-refractivity contribution in [2.45, 2.75) is 96.3 Å². The first-order valence-corrected chi connectivity index (χ1v) is 25.6. The fourth-order valence-electron chi connectivity index (χ4n) is 13.2. The van der Waals surface area contributed by atoms with Crippen LogP contribution in [-0.2, 0) is 27.1 Å². The van der Waals surface area contributed by atoms with E-state index in [9.17, 15) is 0 Å². The highest BCUT2D eigenvalue weighted by Crippen LogP contribution is 2.60. The number of hydrogen-bond donors (Lipinski definition) is 0. The Balaban J connectivity index is 1.08. The van der Waals surface area contributed by atoms with Crippen molar-refractivity contribution in [3.05, 3.63) is 244 Å². The van der Waals surface area contributed by atoms with Gasteiger partial charge < -0.3 is 9.32 Å². The average molecular weight is 920 g/mol. The summed E-state index contributed by atoms with van der Waals surface area (Å²) in [5.74, 6) is 0. The van der Waals surface area contributed by atoms with Crippen LogP contribution in [0.2, 0.25) is 0 Å². The molecule has 2 nitrogen and oxygen atoms in total. The van der Waals surface area contributed by atoms with Crippen molar-refractivity contribution in [2.24, 2.45) is 0 Å². The Morgan fingerprint density at radius 1 is 0.380 bits per heavy atom. The molecule has 0 spiro atoms. The molecular weight excluding hydrogens is 859 g/mol. The smallest absolute Gasteiger partial charge is 0.143 e. The summed E-state index contributed by atoms with van der Waals surface area (Å²) < 4.78 is 7.41. The molecule has 0 unspecified atom stereocenters. The number of nitrogens with zero attached hydrogens (tertiary/aromatic N) is 1. The fourth-order valence-corrected chi connectivity index (χ4v) is 13.2. The molecule has 71 heavy (non-hydrogen) atoms. The molecule has 13 rings (SSSR count). The van der Waals surface area contributed by atoms with E-state index < -0.39 is 5.41 Å². The van der Waals surface area contributed by atoms with Gasteiger partial charge in [-0.1, -0.05) is 221 Å². The van der Waals surface area contributed by atoms with Crippen molar-refractivity contribution in [1.82, 2.24) is 0 Å². The summed E-state index contributed by atoms with van der Waals surface area (Å²) in [7, 11) is 0. The molecular formula is C69H61NO. The zero-order valence-electron chi connectivity index (χ0n) is 42.8. The number of benzene rings is 9. The molecule has 0 radical (unpaired) electrons. The molecule has 0 N–H and O–H groups in total. The highest BCUT2D eigenvalue weighted by Gasteiger charge is 2.47. The van der Waals surface area contributed by atoms with Gasteiger partial charge in [0, 0.05) is 49.7 Å². The van der Waals surface area contributed by atoms with Gasteiger partial charge in [-0.25, -0.2) is 0 Å². The zero-order chi connectivity index (χ0) is 49.0. The number of fused-ring (bicyclic) bond motifs is 13. The molecule has 1 heterocycles. The van der Waals surface area contributed by atoms with Gasteiger partial charge in [0.2, 0.25) is 0 Å². The quantitative estimate of drug-likeness (QED) is 0.171. The standard InChI is InChI=1S/C69H61NO/c1-65(2,3)44-39-52-51-37-38-57-62(64(51)71-63(52)59(40-44)66(4,5)6)61-56(68(57,9)10)29-20-30-60(61)70(46-35-36-50-47-23-14-17-26-53(47)67(7,8)58(50)41-46)45-33-31-43(32-34-45)69(42-21-12-11-13-22-42)54-27-18-15-24-48(54)49-25-16-19-28-55(49)69/h11-41H,1-10H3. The van der Waals surface area contributed by atoms with Gasteiger partial charge >= 0.3 is 0 Å². The van der Waals surface area contributed by atoms with Crippen molar-refractivity contribution in [3.63, 3.8) is 0 Å². The van der Waals surface area contributed by atoms with E-state index in [1.807, 2.05) is 0 Å². The third-order valence-corrected chi connectivity index (χ3v) is 16.8. The molecule has 0 bridgehead atoms. The van der Waals surface area contributed by atoms with Crippen LogP contribution in [0.4, 0.5) is 17.1 Å². The van der Waals surface area contributed by atoms with E-state index in [4.69, 9.17) is 4.42 Å². The van der Waals surface area contributed by atoms with Crippen LogP contribution >= 0.6 is 0 Å². The largest absolute Gasteiger partial charge is 0.455 e. The minimum Gasteiger partial charge on any atom is -0.455 e. The third-order valence-electron chi connectivity index (χ3n) is 16.8. The summed E-state index contributed by atoms with van der Waals surface area (Å²) in [4.78, 5) is 2.54. The number of anilines is 3. The molecule has 9 aromatic carbocycles. The van der Waals surface area contributed by atoms with E-state index in [-0.39, 0.29) is 21.7 Å². The topological polar surface area (TPSA) is 16.4 Å². The van der Waals surface area contributed by atoms with Crippen molar-refractivity contribution in [1.29, 1.82) is 0 Å². The van der Waals surface area contributed by atoms with Gasteiger partial charge in [0.25, 0.3) is 0 Å². The Bertz CT molecular complexity index is 3780. The van der Waals surface area contributed by atoms with Crippen LogP contribution in [0.5, 0.6) is 0 Å². The van der Waals surface area contributed by atoms with Crippen LogP contribution in [-0.4, -0.2) is 0 Å². The van der Waals surface area contributed by atoms with E-state index >= 15 is 0 Å². The summed E-state index contributed by atoms with van der Waals surface area (Å²) in [5, 5.41) is 2.37. The molecule has 1 aromatic heterocycles. The molecule has 10 aromatic rings. The van der Waals surface area contributed by atoms with Crippen LogP contribution in [0.1, 0.15) is 125 Å². The average Bonchev–Trinajstić information content (AvgIpc) is 4.04. The maximum absolute atomic E-state index is 7.41. The predicted octanol–water partition coefficient (Wildman–Crippen LogP) is 18.6. The van der Waals surface area contributed by atoms with Gasteiger partial charge in [0.05, 0.1) is 11.1 Å². The first-order valence-electron chi connectivity index (χ1n) is 25.6. The SMILES string of the molecule is CC(C)(C)c1cc(C(C)(C)C)c2oc3c4c(ccc3c2c1)C(C)(C)c1cccc(N(c2ccc(C3(c5ccccc5)c5ccccc5-c5ccccc53)cc2)c2ccc3c(c2)C(C)(C)c2ccccc2-3)c1-4. The molecule has 3 aliphatic carbocycles. The second-order valence-electron chi connectivity index (χ2n) is 23.7. The maximum atomic E-state index is 7.41. The van der Waals surface area contributed by atoms with E-state index in [2.05, 4.69) is 262 Å². The van der Waals surface area contributed by atoms with Crippen LogP contribution in [0.25, 0.3) is 55.3 Å². The lowest BCUT2D eigenvalue weighted by Gasteiger charge is -2.35. The maximum Gasteiger partial charge on any atom is 0.143 e. The van der Waals surface area contributed by atoms with Gasteiger partial charge in [-0.2, -0.15) is 0 Å². The second-order valence-corrected chi connectivity index (χ2v) is 23.7. The normalized spacial score (nSPS) is 15.5. The Morgan fingerprint density at radius 2 is 0.915 bits per heavy atom. The Labute approximate surface area is 419 Å². The fraction of sp³-hybridized carbons (Fsp3) is 0.217. The number of hydrogen-bond acceptors (Lipinski definition) is 2. The summed E-state index contributed by atoms with van der Waals surface area (Å²) in [6, 6.07) is 71.4. The van der Waals surface area contributed by atoms with Crippen LogP contribution < -0.4 is 4.90 Å². The van der Waals surface area contributed by atoms with Gasteiger partial charge in [-0.15, -0.1) is 0 Å². The van der Waals surface area contributed by atoms with Crippen LogP contribution in [0, 0.1) is 0 Å². The zero-order valence-corrected chi connectivity index (χ0v) is 42.8. The van der Waals surface area contributed by atoms with Crippen LogP contribution in [0.3, 0.4) is 0 Å². The van der Waals surface area contributed by atoms with E-state index in [1.165, 1.54) is 99.8 Å². The molecule has 0 amide bonds. The lowest BCUT2D eigenvalue weighted by atomic mass is 9.68. The van der Waals surface area contributed by atoms with Gasteiger partial charge in [0.1, 0.15) is 11.2 Å². The van der Waals surface area contributed by atoms with Gasteiger partial charge in [-0.05, 0) is 120 Å². The van der Waals surface area contributed by atoms with E-state index in [0.717, 1.165) is 28.2 Å². The Morgan fingerprint density at radius 3 is 1.56 bits per heavy atom. The molecule has 2 heteroatoms. The lowest BCUT2D eigenvalue weighted by Crippen LogP contribution is -2.28. The van der Waals surface area contributed by atoms with Gasteiger partial charge in [-0.3, -0.25) is 0 Å². The predicted molar refractivity (Wildman–Crippen MR) is 298 cm³/mol.